The highest BCUT2D eigenvalue weighted by Gasteiger charge is 2.21. The summed E-state index contributed by atoms with van der Waals surface area (Å²) < 4.78 is 12.5. The molecule has 0 saturated carbocycles. The Morgan fingerprint density at radius 1 is 1.19 bits per heavy atom. The van der Waals surface area contributed by atoms with Crippen LogP contribution in [0.2, 0.25) is 0 Å². The molecule has 2 aromatic rings. The first-order valence-electron chi connectivity index (χ1n) is 8.20. The number of amides is 1. The van der Waals surface area contributed by atoms with Crippen molar-refractivity contribution in [1.29, 1.82) is 0 Å². The summed E-state index contributed by atoms with van der Waals surface area (Å²) in [6.45, 7) is 1.69. The second-order valence-corrected chi connectivity index (χ2v) is 5.87. The number of benzene rings is 2. The molecule has 1 aliphatic rings. The highest BCUT2D eigenvalue weighted by Crippen LogP contribution is 2.21. The summed E-state index contributed by atoms with van der Waals surface area (Å²) in [5, 5.41) is 10.7. The van der Waals surface area contributed by atoms with Crippen LogP contribution in [0, 0.1) is 15.9 Å². The summed E-state index contributed by atoms with van der Waals surface area (Å²) in [5.41, 5.74) is 11.7. The van der Waals surface area contributed by atoms with Crippen LogP contribution in [0.25, 0.3) is 0 Å². The molecule has 1 fully saturated rings. The lowest BCUT2D eigenvalue weighted by Crippen LogP contribution is -2.27. The average Bonchev–Trinajstić information content (AvgIpc) is 3.16. The number of nitro benzene ring substituents is 1. The minimum Gasteiger partial charge on any atom is -0.399 e. The van der Waals surface area contributed by atoms with Gasteiger partial charge in [-0.05, 0) is 25.0 Å². The minimum absolute atomic E-state index is 0.146. The maximum Gasteiger partial charge on any atom is 0.272 e. The van der Waals surface area contributed by atoms with Gasteiger partial charge in [0.25, 0.3) is 11.6 Å². The number of nitrogens with zero attached hydrogens (tertiary/aromatic N) is 2. The van der Waals surface area contributed by atoms with E-state index in [1.807, 2.05) is 0 Å². The van der Waals surface area contributed by atoms with Crippen LogP contribution in [0.3, 0.4) is 0 Å². The number of nitrogens with two attached hydrogens (primary N) is 2. The molecule has 0 unspecified atom stereocenters. The van der Waals surface area contributed by atoms with Crippen LogP contribution >= 0.6 is 0 Å². The highest BCUT2D eigenvalue weighted by atomic mass is 19.1. The van der Waals surface area contributed by atoms with Gasteiger partial charge in [0.05, 0.1) is 4.92 Å². The maximum atomic E-state index is 12.5. The number of hydrogen-bond donors (Lipinski definition) is 2. The van der Waals surface area contributed by atoms with Crippen molar-refractivity contribution < 1.29 is 14.1 Å². The van der Waals surface area contributed by atoms with Gasteiger partial charge in [-0.3, -0.25) is 14.9 Å². The van der Waals surface area contributed by atoms with Crippen LogP contribution < -0.4 is 11.5 Å². The fourth-order valence-electron chi connectivity index (χ4n) is 2.63. The molecule has 7 nitrogen and oxygen atoms in total. The monoisotopic (exact) mass is 360 g/mol. The van der Waals surface area contributed by atoms with E-state index in [0.29, 0.717) is 24.2 Å². The molecule has 3 rings (SSSR count). The molecule has 138 valence electrons. The smallest absolute Gasteiger partial charge is 0.272 e. The molecule has 1 heterocycles. The van der Waals surface area contributed by atoms with Crippen LogP contribution in [0.4, 0.5) is 15.8 Å². The third-order valence-corrected chi connectivity index (χ3v) is 3.97. The maximum absolute atomic E-state index is 12.5. The minimum atomic E-state index is -0.545. The molecule has 0 radical (unpaired) electrons. The van der Waals surface area contributed by atoms with E-state index in [9.17, 15) is 19.3 Å². The molecule has 1 amide bonds. The Morgan fingerprint density at radius 3 is 2.38 bits per heavy atom. The lowest BCUT2D eigenvalue weighted by molar-refractivity contribution is -0.384. The SMILES string of the molecule is NCc1ccccc1F.Nc1cc(C(=O)N2CCCC2)cc([N+](=O)[O-])c1. The normalized spacial score (nSPS) is 13.1. The Morgan fingerprint density at radius 2 is 1.85 bits per heavy atom. The molecule has 0 aliphatic carbocycles. The van der Waals surface area contributed by atoms with Crippen molar-refractivity contribution in [2.24, 2.45) is 5.73 Å². The van der Waals surface area contributed by atoms with Crippen molar-refractivity contribution >= 4 is 17.3 Å². The van der Waals surface area contributed by atoms with Gasteiger partial charge in [0.15, 0.2) is 0 Å². The zero-order valence-electron chi connectivity index (χ0n) is 14.2. The van der Waals surface area contributed by atoms with E-state index in [4.69, 9.17) is 11.5 Å². The lowest BCUT2D eigenvalue weighted by Gasteiger charge is -2.15. The molecule has 8 heteroatoms. The van der Waals surface area contributed by atoms with E-state index in [0.717, 1.165) is 12.8 Å². The Hall–Kier alpha value is -3.00. The van der Waals surface area contributed by atoms with Crippen LogP contribution in [-0.4, -0.2) is 28.8 Å². The standard InChI is InChI=1S/C11H13N3O3.C7H8FN/c12-9-5-8(6-10(7-9)14(16)17)11(15)13-3-1-2-4-13;8-7-4-2-1-3-6(7)5-9/h5-7H,1-4,12H2;1-4H,5,9H2. The number of carbonyl (C=O) groups excluding carboxylic acids is 1. The van der Waals surface area contributed by atoms with E-state index in [1.54, 1.807) is 23.1 Å². The molecule has 0 spiro atoms. The summed E-state index contributed by atoms with van der Waals surface area (Å²) in [7, 11) is 0. The van der Waals surface area contributed by atoms with Crippen LogP contribution in [0.15, 0.2) is 42.5 Å². The quantitative estimate of drug-likeness (QED) is 0.496. The summed E-state index contributed by atoms with van der Waals surface area (Å²) in [6, 6.07) is 10.5. The molecule has 0 aromatic heterocycles. The number of rotatable bonds is 3. The van der Waals surface area contributed by atoms with Crippen molar-refractivity contribution in [1.82, 2.24) is 4.90 Å². The first-order valence-corrected chi connectivity index (χ1v) is 8.20. The summed E-state index contributed by atoms with van der Waals surface area (Å²) in [4.78, 5) is 23.8. The molecule has 1 saturated heterocycles. The number of hydrogen-bond acceptors (Lipinski definition) is 5. The van der Waals surface area contributed by atoms with Crippen LogP contribution in [-0.2, 0) is 6.54 Å². The number of nitro groups is 1. The Labute approximate surface area is 150 Å². The summed E-state index contributed by atoms with van der Waals surface area (Å²) >= 11 is 0. The van der Waals surface area contributed by atoms with Crippen molar-refractivity contribution in [3.63, 3.8) is 0 Å². The summed E-state index contributed by atoms with van der Waals surface area (Å²) in [6.07, 6.45) is 1.96. The lowest BCUT2D eigenvalue weighted by atomic mass is 10.1. The van der Waals surface area contributed by atoms with Crippen LogP contribution in [0.1, 0.15) is 28.8 Å². The number of likely N-dealkylation sites (tertiary alicyclic amines) is 1. The van der Waals surface area contributed by atoms with Gasteiger partial charge in [0, 0.05) is 48.6 Å². The number of halogens is 1. The van der Waals surface area contributed by atoms with Gasteiger partial charge < -0.3 is 16.4 Å². The van der Waals surface area contributed by atoms with Crippen molar-refractivity contribution in [3.8, 4) is 0 Å². The highest BCUT2D eigenvalue weighted by molar-refractivity contribution is 5.96. The molecule has 0 atom stereocenters. The number of non-ortho nitro benzene ring substituents is 1. The zero-order valence-corrected chi connectivity index (χ0v) is 14.2. The van der Waals surface area contributed by atoms with Gasteiger partial charge in [-0.2, -0.15) is 0 Å². The van der Waals surface area contributed by atoms with E-state index in [-0.39, 0.29) is 29.6 Å². The van der Waals surface area contributed by atoms with Crippen molar-refractivity contribution in [2.75, 3.05) is 18.8 Å². The Kier molecular flexibility index (Phi) is 6.62. The van der Waals surface area contributed by atoms with E-state index in [1.165, 1.54) is 24.3 Å². The largest absolute Gasteiger partial charge is 0.399 e. The average molecular weight is 360 g/mol. The first kappa shape index (κ1) is 19.3. The fourth-order valence-corrected chi connectivity index (χ4v) is 2.63. The van der Waals surface area contributed by atoms with E-state index >= 15 is 0 Å². The van der Waals surface area contributed by atoms with Gasteiger partial charge >= 0.3 is 0 Å². The fraction of sp³-hybridized carbons (Fsp3) is 0.278. The van der Waals surface area contributed by atoms with E-state index < -0.39 is 4.92 Å². The van der Waals surface area contributed by atoms with Crippen molar-refractivity contribution in [3.05, 3.63) is 69.5 Å². The van der Waals surface area contributed by atoms with Gasteiger partial charge in [-0.25, -0.2) is 4.39 Å². The second-order valence-electron chi connectivity index (χ2n) is 5.87. The molecular weight excluding hydrogens is 339 g/mol. The van der Waals surface area contributed by atoms with Gasteiger partial charge in [0.2, 0.25) is 0 Å². The predicted octanol–water partition coefficient (Wildman–Crippen LogP) is 2.70. The molecule has 0 bridgehead atoms. The number of carbonyl (C=O) groups is 1. The molecule has 1 aliphatic heterocycles. The molecule has 2 aromatic carbocycles. The third-order valence-electron chi connectivity index (χ3n) is 3.97. The number of nitrogen functional groups attached to an aromatic ring is 1. The molecular formula is C18H21FN4O3. The topological polar surface area (TPSA) is 115 Å². The Bertz CT molecular complexity index is 792. The molecule has 26 heavy (non-hydrogen) atoms. The Balaban J connectivity index is 0.000000228. The van der Waals surface area contributed by atoms with Gasteiger partial charge in [-0.1, -0.05) is 18.2 Å². The van der Waals surface area contributed by atoms with Gasteiger partial charge in [-0.15, -0.1) is 0 Å². The predicted molar refractivity (Wildman–Crippen MR) is 96.9 cm³/mol. The number of anilines is 1. The third kappa shape index (κ3) is 5.00. The second kappa shape index (κ2) is 8.91. The van der Waals surface area contributed by atoms with Crippen molar-refractivity contribution in [2.45, 2.75) is 19.4 Å². The van der Waals surface area contributed by atoms with Gasteiger partial charge in [0.1, 0.15) is 5.82 Å². The molecule has 4 N–H and O–H groups in total. The summed E-state index contributed by atoms with van der Waals surface area (Å²) in [5.74, 6) is -0.405. The van der Waals surface area contributed by atoms with Crippen LogP contribution in [0.5, 0.6) is 0 Å². The van der Waals surface area contributed by atoms with E-state index in [2.05, 4.69) is 0 Å². The zero-order chi connectivity index (χ0) is 19.1. The first-order chi connectivity index (χ1) is 12.4.